The van der Waals surface area contributed by atoms with Crippen LogP contribution in [0.15, 0.2) is 68.6 Å². The molecule has 0 radical (unpaired) electrons. The number of nitrogens with one attached hydrogen (secondary N) is 1. The van der Waals surface area contributed by atoms with Gasteiger partial charge < -0.3 is 25.1 Å². The van der Waals surface area contributed by atoms with E-state index >= 15 is 0 Å². The van der Waals surface area contributed by atoms with Crippen molar-refractivity contribution < 1.29 is 38.7 Å². The van der Waals surface area contributed by atoms with Gasteiger partial charge in [-0.25, -0.2) is 24.0 Å². The first-order valence-electron chi connectivity index (χ1n) is 11.9. The maximum absolute atomic E-state index is 11.2. The van der Waals surface area contributed by atoms with Gasteiger partial charge in [-0.2, -0.15) is 0 Å². The number of halogens is 4. The number of aromatic carboxylic acids is 2. The number of hydrogen-bond acceptors (Lipinski definition) is 10. The number of alkyl halides is 3. The average molecular weight is 707 g/mol. The Labute approximate surface area is 273 Å². The summed E-state index contributed by atoms with van der Waals surface area (Å²) in [4.78, 5) is 64.9. The number of nitrogens with two attached hydrogens (primary N) is 1. The third-order valence-corrected chi connectivity index (χ3v) is 5.34. The van der Waals surface area contributed by atoms with Gasteiger partial charge in [-0.1, -0.05) is 29.3 Å². The van der Waals surface area contributed by atoms with Crippen LogP contribution < -0.4 is 17.1 Å². The number of carboxylic acids is 2. The monoisotopic (exact) mass is 705 g/mol. The average Bonchev–Trinajstić information content (AvgIpc) is 2.90. The molecule has 0 saturated carbocycles. The summed E-state index contributed by atoms with van der Waals surface area (Å²) in [6.07, 6.45) is 0. The molecule has 0 aliphatic carbocycles. The fraction of sp³-hybridized carbons (Fsp3) is 0.148. The van der Waals surface area contributed by atoms with E-state index in [0.717, 1.165) is 11.1 Å². The highest BCUT2D eigenvalue weighted by atomic mass is 35.6. The Kier molecular flexibility index (Phi) is 14.5. The number of nitro groups is 1. The lowest BCUT2D eigenvalue weighted by atomic mass is 10.1. The van der Waals surface area contributed by atoms with Crippen molar-refractivity contribution in [1.29, 1.82) is 0 Å². The first-order valence-corrected chi connectivity index (χ1v) is 13.4. The minimum Gasteiger partial charge on any atom is -0.478 e. The van der Waals surface area contributed by atoms with Crippen molar-refractivity contribution in [1.82, 2.24) is 4.98 Å². The SMILES string of the molecule is Cc1ccc(N)c(C(=O)O)c1.Cc1ccc([N+](=O)[O-])c(C(=O)O)c1.Cc1ccc2[nH]c(=O)oc(=O)c2c1.O=C(Cl)OC(Cl)(Cl)Cl. The summed E-state index contributed by atoms with van der Waals surface area (Å²) in [6, 6.07) is 14.1. The molecule has 0 aliphatic rings. The molecule has 0 bridgehead atoms. The van der Waals surface area contributed by atoms with Gasteiger partial charge in [0.25, 0.3) is 5.69 Å². The summed E-state index contributed by atoms with van der Waals surface area (Å²) >= 11 is 19.4. The number of benzene rings is 3. The van der Waals surface area contributed by atoms with Gasteiger partial charge in [-0.05, 0) is 91.5 Å². The maximum atomic E-state index is 11.2. The van der Waals surface area contributed by atoms with E-state index < -0.39 is 37.7 Å². The second-order valence-electron chi connectivity index (χ2n) is 8.62. The molecule has 0 fully saturated rings. The molecule has 0 amide bonds. The van der Waals surface area contributed by atoms with Crippen LogP contribution in [0.1, 0.15) is 37.4 Å². The van der Waals surface area contributed by atoms with Gasteiger partial charge in [0.1, 0.15) is 5.56 Å². The van der Waals surface area contributed by atoms with Gasteiger partial charge in [-0.3, -0.25) is 15.1 Å². The lowest BCUT2D eigenvalue weighted by Gasteiger charge is -2.06. The molecule has 1 aromatic heterocycles. The van der Waals surface area contributed by atoms with E-state index in [4.69, 9.17) is 50.7 Å². The van der Waals surface area contributed by atoms with Crippen molar-refractivity contribution in [2.75, 3.05) is 5.73 Å². The number of anilines is 1. The van der Waals surface area contributed by atoms with Crippen LogP contribution in [0.5, 0.6) is 0 Å². The van der Waals surface area contributed by atoms with Gasteiger partial charge in [0, 0.05) is 23.4 Å². The Balaban J connectivity index is 0.000000305. The predicted octanol–water partition coefficient (Wildman–Crippen LogP) is 6.36. The van der Waals surface area contributed by atoms with Gasteiger partial charge in [0.05, 0.1) is 21.4 Å². The number of aromatic amines is 1. The van der Waals surface area contributed by atoms with Crippen LogP contribution in [-0.2, 0) is 4.74 Å². The van der Waals surface area contributed by atoms with Crippen LogP contribution >= 0.6 is 46.4 Å². The topological polar surface area (TPSA) is 233 Å². The van der Waals surface area contributed by atoms with Crippen LogP contribution in [0.2, 0.25) is 0 Å². The number of nitro benzene ring substituents is 1. The van der Waals surface area contributed by atoms with E-state index in [1.807, 2.05) is 19.9 Å². The van der Waals surface area contributed by atoms with Crippen molar-refractivity contribution in [3.05, 3.63) is 113 Å². The Morgan fingerprint density at radius 1 is 0.889 bits per heavy atom. The largest absolute Gasteiger partial charge is 0.478 e. The zero-order valence-corrected chi connectivity index (χ0v) is 26.3. The van der Waals surface area contributed by atoms with Crippen molar-refractivity contribution in [3.63, 3.8) is 0 Å². The number of aryl methyl sites for hydroxylation is 3. The fourth-order valence-corrected chi connectivity index (χ4v) is 3.58. The Hall–Kier alpha value is -4.63. The van der Waals surface area contributed by atoms with Crippen LogP contribution in [0.3, 0.4) is 0 Å². The minimum absolute atomic E-state index is 0.171. The highest BCUT2D eigenvalue weighted by Gasteiger charge is 2.23. The summed E-state index contributed by atoms with van der Waals surface area (Å²) < 4.78 is 6.20. The quantitative estimate of drug-likeness (QED) is 0.0599. The smallest absolute Gasteiger partial charge is 0.419 e. The van der Waals surface area contributed by atoms with Crippen molar-refractivity contribution in [2.45, 2.75) is 24.7 Å². The molecular formula is C27H23Cl4N3O11. The molecule has 0 unspecified atom stereocenters. The number of carbonyl (C=O) groups is 3. The molecule has 1 heterocycles. The summed E-state index contributed by atoms with van der Waals surface area (Å²) in [7, 11) is 0. The second-order valence-corrected chi connectivity index (χ2v) is 11.1. The number of carbonyl (C=O) groups excluding carboxylic acids is 1. The Morgan fingerprint density at radius 2 is 1.38 bits per heavy atom. The highest BCUT2D eigenvalue weighted by molar-refractivity contribution is 6.69. The summed E-state index contributed by atoms with van der Waals surface area (Å²) in [5.41, 5.74) is 6.54. The number of carboxylic acid groups (broad SMARTS) is 2. The van der Waals surface area contributed by atoms with E-state index in [2.05, 4.69) is 25.7 Å². The molecule has 14 nitrogen and oxygen atoms in total. The van der Waals surface area contributed by atoms with Crippen molar-refractivity contribution in [3.8, 4) is 0 Å². The van der Waals surface area contributed by atoms with Gasteiger partial charge in [0.2, 0.25) is 0 Å². The first-order chi connectivity index (χ1) is 20.7. The van der Waals surface area contributed by atoms with E-state index in [1.54, 1.807) is 37.3 Å². The molecule has 4 aromatic rings. The Morgan fingerprint density at radius 3 is 1.82 bits per heavy atom. The zero-order chi connectivity index (χ0) is 34.6. The fourth-order valence-electron chi connectivity index (χ4n) is 3.14. The molecule has 0 saturated heterocycles. The Bertz CT molecular complexity index is 1830. The van der Waals surface area contributed by atoms with Gasteiger partial charge in [-0.15, -0.1) is 0 Å². The van der Waals surface area contributed by atoms with Gasteiger partial charge >= 0.3 is 32.7 Å². The summed E-state index contributed by atoms with van der Waals surface area (Å²) in [5, 5.41) is 28.0. The highest BCUT2D eigenvalue weighted by Crippen LogP contribution is 2.28. The van der Waals surface area contributed by atoms with Crippen LogP contribution in [0.25, 0.3) is 10.9 Å². The summed E-state index contributed by atoms with van der Waals surface area (Å²) in [6.45, 7) is 5.37. The number of hydrogen-bond donors (Lipinski definition) is 4. The van der Waals surface area contributed by atoms with E-state index in [9.17, 15) is 34.1 Å². The first kappa shape index (κ1) is 38.4. The number of nitrogen functional groups attached to an aromatic ring is 1. The third-order valence-electron chi connectivity index (χ3n) is 5.03. The number of rotatable bonds is 3. The van der Waals surface area contributed by atoms with E-state index in [0.29, 0.717) is 22.2 Å². The molecular weight excluding hydrogens is 684 g/mol. The lowest BCUT2D eigenvalue weighted by molar-refractivity contribution is -0.385. The molecule has 0 atom stereocenters. The number of H-pyrrole nitrogens is 1. The van der Waals surface area contributed by atoms with Crippen LogP contribution in [0, 0.1) is 30.9 Å². The lowest BCUT2D eigenvalue weighted by Crippen LogP contribution is -2.14. The number of ether oxygens (including phenoxy) is 1. The number of aromatic nitrogens is 1. The van der Waals surface area contributed by atoms with E-state index in [-0.39, 0.29) is 16.8 Å². The van der Waals surface area contributed by atoms with Crippen LogP contribution in [0.4, 0.5) is 16.2 Å². The molecule has 0 aliphatic heterocycles. The zero-order valence-electron chi connectivity index (χ0n) is 23.3. The normalized spacial score (nSPS) is 10.1. The third kappa shape index (κ3) is 13.7. The molecule has 45 heavy (non-hydrogen) atoms. The van der Waals surface area contributed by atoms with Crippen molar-refractivity contribution >= 4 is 86.0 Å². The number of nitrogens with zero attached hydrogens (tertiary/aromatic N) is 1. The molecule has 18 heteroatoms. The maximum Gasteiger partial charge on any atom is 0.419 e. The van der Waals surface area contributed by atoms with Gasteiger partial charge in [0.15, 0.2) is 0 Å². The van der Waals surface area contributed by atoms with Crippen molar-refractivity contribution in [2.24, 2.45) is 0 Å². The molecule has 0 spiro atoms. The number of fused-ring (bicyclic) bond motifs is 1. The van der Waals surface area contributed by atoms with Crippen LogP contribution in [-0.4, -0.2) is 41.5 Å². The minimum atomic E-state index is -2.04. The predicted molar refractivity (Wildman–Crippen MR) is 168 cm³/mol. The molecule has 5 N–H and O–H groups in total. The molecule has 3 aromatic carbocycles. The van der Waals surface area contributed by atoms with E-state index in [1.165, 1.54) is 18.2 Å². The second kappa shape index (κ2) is 17.0. The molecule has 4 rings (SSSR count). The standard InChI is InChI=1S/C9H7NO3.C8H7NO4.C8H9NO2.C2Cl4O2/c1-5-2-3-7-6(4-5)8(11)13-9(12)10-7;1-5-2-3-7(9(12)13)6(4-5)8(10)11;1-5-2-3-7(9)6(4-5)8(10)11;3-1(7)8-2(4,5)6/h2-4H,1H3,(H,10,12);2-4H,1H3,(H,10,11);2-4H,9H2,1H3,(H,10,11);. The summed E-state index contributed by atoms with van der Waals surface area (Å²) in [5.74, 6) is -2.98. The molecule has 240 valence electrons.